The van der Waals surface area contributed by atoms with Crippen LogP contribution in [0.15, 0.2) is 0 Å². The molecule has 3 rings (SSSR count). The number of amides is 3. The van der Waals surface area contributed by atoms with Crippen molar-refractivity contribution in [1.29, 1.82) is 0 Å². The highest BCUT2D eigenvalue weighted by Crippen LogP contribution is 2.54. The molecule has 3 aliphatic rings. The number of hydrogen-bond donors (Lipinski definition) is 2. The molecule has 0 aromatic heterocycles. The summed E-state index contributed by atoms with van der Waals surface area (Å²) in [5.41, 5.74) is 5.09. The van der Waals surface area contributed by atoms with E-state index in [0.29, 0.717) is 18.4 Å². The average molecular weight is 265 g/mol. The SMILES string of the molecule is NC(=O)NCC1CCCN(C(=O)C2CC3CC3C2)C1. The van der Waals surface area contributed by atoms with Crippen LogP contribution in [-0.2, 0) is 4.79 Å². The van der Waals surface area contributed by atoms with Crippen LogP contribution in [0.5, 0.6) is 0 Å². The summed E-state index contributed by atoms with van der Waals surface area (Å²) in [6, 6.07) is -0.473. The number of carbonyl (C=O) groups excluding carboxylic acids is 2. The van der Waals surface area contributed by atoms with E-state index in [-0.39, 0.29) is 5.92 Å². The topological polar surface area (TPSA) is 75.4 Å². The van der Waals surface area contributed by atoms with Gasteiger partial charge in [-0.05, 0) is 49.9 Å². The predicted octanol–water partition coefficient (Wildman–Crippen LogP) is 0.939. The highest BCUT2D eigenvalue weighted by molar-refractivity contribution is 5.79. The molecule has 1 saturated heterocycles. The Labute approximate surface area is 113 Å². The Balaban J connectivity index is 1.49. The molecule has 0 spiro atoms. The van der Waals surface area contributed by atoms with E-state index < -0.39 is 6.03 Å². The Kier molecular flexibility index (Phi) is 3.37. The molecular formula is C14H23N3O2. The number of nitrogens with one attached hydrogen (secondary N) is 1. The molecule has 3 N–H and O–H groups in total. The molecule has 3 amide bonds. The largest absolute Gasteiger partial charge is 0.352 e. The molecule has 1 heterocycles. The molecule has 3 fully saturated rings. The number of likely N-dealkylation sites (tertiary alicyclic amines) is 1. The second-order valence-corrected chi connectivity index (χ2v) is 6.46. The smallest absolute Gasteiger partial charge is 0.312 e. The van der Waals surface area contributed by atoms with Crippen molar-refractivity contribution in [2.24, 2.45) is 29.4 Å². The molecule has 106 valence electrons. The van der Waals surface area contributed by atoms with Gasteiger partial charge in [-0.25, -0.2) is 4.79 Å². The first kappa shape index (κ1) is 12.8. The quantitative estimate of drug-likeness (QED) is 0.797. The molecule has 2 saturated carbocycles. The van der Waals surface area contributed by atoms with Gasteiger partial charge in [-0.15, -0.1) is 0 Å². The van der Waals surface area contributed by atoms with E-state index in [1.807, 2.05) is 4.90 Å². The number of carbonyl (C=O) groups is 2. The van der Waals surface area contributed by atoms with E-state index in [1.54, 1.807) is 0 Å². The van der Waals surface area contributed by atoms with Gasteiger partial charge in [0.05, 0.1) is 0 Å². The van der Waals surface area contributed by atoms with E-state index in [0.717, 1.165) is 50.6 Å². The van der Waals surface area contributed by atoms with Crippen LogP contribution in [0.4, 0.5) is 4.79 Å². The molecule has 3 atom stereocenters. The fourth-order valence-electron chi connectivity index (χ4n) is 3.85. The standard InChI is InChI=1S/C14H23N3O2/c15-14(19)16-7-9-2-1-3-17(8-9)13(18)12-5-10-4-11(10)6-12/h9-12H,1-8H2,(H3,15,16,19). The predicted molar refractivity (Wildman–Crippen MR) is 71.2 cm³/mol. The highest BCUT2D eigenvalue weighted by atomic mass is 16.2. The van der Waals surface area contributed by atoms with Crippen LogP contribution in [0.2, 0.25) is 0 Å². The molecule has 0 aromatic carbocycles. The number of nitrogens with two attached hydrogens (primary N) is 1. The van der Waals surface area contributed by atoms with Crippen molar-refractivity contribution in [2.45, 2.75) is 32.1 Å². The molecule has 1 aliphatic heterocycles. The first-order chi connectivity index (χ1) is 9.13. The van der Waals surface area contributed by atoms with E-state index in [2.05, 4.69) is 5.32 Å². The summed E-state index contributed by atoms with van der Waals surface area (Å²) >= 11 is 0. The van der Waals surface area contributed by atoms with Gasteiger partial charge in [0.2, 0.25) is 5.91 Å². The Morgan fingerprint density at radius 2 is 1.95 bits per heavy atom. The van der Waals surface area contributed by atoms with Crippen LogP contribution in [0.1, 0.15) is 32.1 Å². The van der Waals surface area contributed by atoms with Crippen LogP contribution in [0.3, 0.4) is 0 Å². The van der Waals surface area contributed by atoms with Crippen molar-refractivity contribution >= 4 is 11.9 Å². The van der Waals surface area contributed by atoms with Crippen molar-refractivity contribution in [2.75, 3.05) is 19.6 Å². The van der Waals surface area contributed by atoms with E-state index in [1.165, 1.54) is 6.42 Å². The van der Waals surface area contributed by atoms with Gasteiger partial charge in [-0.2, -0.15) is 0 Å². The van der Waals surface area contributed by atoms with Gasteiger partial charge in [0.1, 0.15) is 0 Å². The number of hydrogen-bond acceptors (Lipinski definition) is 2. The van der Waals surface area contributed by atoms with Gasteiger partial charge in [0.15, 0.2) is 0 Å². The monoisotopic (exact) mass is 265 g/mol. The number of piperidine rings is 1. The lowest BCUT2D eigenvalue weighted by atomic mass is 9.95. The molecule has 3 unspecified atom stereocenters. The molecule has 5 nitrogen and oxygen atoms in total. The van der Waals surface area contributed by atoms with Crippen molar-refractivity contribution < 1.29 is 9.59 Å². The molecule has 19 heavy (non-hydrogen) atoms. The third-order valence-electron chi connectivity index (χ3n) is 4.99. The normalized spacial score (nSPS) is 36.7. The van der Waals surface area contributed by atoms with Crippen molar-refractivity contribution in [3.63, 3.8) is 0 Å². The van der Waals surface area contributed by atoms with Crippen molar-refractivity contribution in [3.8, 4) is 0 Å². The van der Waals surface area contributed by atoms with Gasteiger partial charge in [0, 0.05) is 25.6 Å². The summed E-state index contributed by atoms with van der Waals surface area (Å²) < 4.78 is 0. The first-order valence-electron chi connectivity index (χ1n) is 7.45. The summed E-state index contributed by atoms with van der Waals surface area (Å²) in [5, 5.41) is 2.66. The zero-order valence-electron chi connectivity index (χ0n) is 11.3. The maximum absolute atomic E-state index is 12.5. The van der Waals surface area contributed by atoms with Gasteiger partial charge >= 0.3 is 6.03 Å². The van der Waals surface area contributed by atoms with Gasteiger partial charge in [-0.3, -0.25) is 4.79 Å². The van der Waals surface area contributed by atoms with Crippen molar-refractivity contribution in [1.82, 2.24) is 10.2 Å². The highest BCUT2D eigenvalue weighted by Gasteiger charge is 2.48. The minimum Gasteiger partial charge on any atom is -0.352 e. The Bertz CT molecular complexity index is 375. The third-order valence-corrected chi connectivity index (χ3v) is 4.99. The summed E-state index contributed by atoms with van der Waals surface area (Å²) in [4.78, 5) is 25.2. The number of rotatable bonds is 3. The fourth-order valence-corrected chi connectivity index (χ4v) is 3.85. The average Bonchev–Trinajstić information content (AvgIpc) is 3.02. The molecule has 0 bridgehead atoms. The molecule has 5 heteroatoms. The maximum atomic E-state index is 12.5. The molecule has 0 radical (unpaired) electrons. The Morgan fingerprint density at radius 3 is 2.63 bits per heavy atom. The van der Waals surface area contributed by atoms with Crippen LogP contribution in [0, 0.1) is 23.7 Å². The minimum atomic E-state index is -0.473. The zero-order valence-corrected chi connectivity index (χ0v) is 11.3. The molecule has 0 aromatic rings. The second-order valence-electron chi connectivity index (χ2n) is 6.46. The van der Waals surface area contributed by atoms with E-state index in [4.69, 9.17) is 5.73 Å². The summed E-state index contributed by atoms with van der Waals surface area (Å²) in [7, 11) is 0. The molecular weight excluding hydrogens is 242 g/mol. The van der Waals surface area contributed by atoms with Gasteiger partial charge in [-0.1, -0.05) is 0 Å². The van der Waals surface area contributed by atoms with E-state index in [9.17, 15) is 9.59 Å². The lowest BCUT2D eigenvalue weighted by molar-refractivity contribution is -0.137. The summed E-state index contributed by atoms with van der Waals surface area (Å²) in [5.74, 6) is 2.71. The first-order valence-corrected chi connectivity index (χ1v) is 7.45. The van der Waals surface area contributed by atoms with E-state index >= 15 is 0 Å². The Morgan fingerprint density at radius 1 is 1.21 bits per heavy atom. The number of nitrogens with zero attached hydrogens (tertiary/aromatic N) is 1. The number of fused-ring (bicyclic) bond motifs is 1. The van der Waals surface area contributed by atoms with Crippen LogP contribution >= 0.6 is 0 Å². The second kappa shape index (κ2) is 5.02. The van der Waals surface area contributed by atoms with Crippen LogP contribution in [-0.4, -0.2) is 36.5 Å². The maximum Gasteiger partial charge on any atom is 0.312 e. The van der Waals surface area contributed by atoms with Gasteiger partial charge < -0.3 is 16.0 Å². The van der Waals surface area contributed by atoms with Crippen molar-refractivity contribution in [3.05, 3.63) is 0 Å². The zero-order chi connectivity index (χ0) is 13.4. The summed E-state index contributed by atoms with van der Waals surface area (Å²) in [6.07, 6.45) is 5.69. The number of urea groups is 1. The van der Waals surface area contributed by atoms with Gasteiger partial charge in [0.25, 0.3) is 0 Å². The third kappa shape index (κ3) is 2.85. The fraction of sp³-hybridized carbons (Fsp3) is 0.857. The lowest BCUT2D eigenvalue weighted by Crippen LogP contribution is -2.46. The molecule has 2 aliphatic carbocycles. The summed E-state index contributed by atoms with van der Waals surface area (Å²) in [6.45, 7) is 2.26. The number of primary amides is 1. The minimum absolute atomic E-state index is 0.284. The Hall–Kier alpha value is -1.26. The van der Waals surface area contributed by atoms with Crippen LogP contribution < -0.4 is 11.1 Å². The van der Waals surface area contributed by atoms with Crippen LogP contribution in [0.25, 0.3) is 0 Å². The lowest BCUT2D eigenvalue weighted by Gasteiger charge is -2.34.